The van der Waals surface area contributed by atoms with E-state index in [4.69, 9.17) is 4.42 Å². The Balaban J connectivity index is 1.69. The molecule has 0 aliphatic heterocycles. The van der Waals surface area contributed by atoms with E-state index in [0.29, 0.717) is 25.7 Å². The van der Waals surface area contributed by atoms with E-state index in [2.05, 4.69) is 0 Å². The van der Waals surface area contributed by atoms with E-state index >= 15 is 0 Å². The number of hydrogen-bond acceptors (Lipinski definition) is 2. The van der Waals surface area contributed by atoms with E-state index < -0.39 is 12.0 Å². The van der Waals surface area contributed by atoms with Crippen molar-refractivity contribution in [1.82, 2.24) is 0 Å². The van der Waals surface area contributed by atoms with E-state index in [9.17, 15) is 13.9 Å². The molecule has 0 radical (unpaired) electrons. The highest BCUT2D eigenvalue weighted by Gasteiger charge is 2.39. The van der Waals surface area contributed by atoms with Crippen molar-refractivity contribution in [1.29, 1.82) is 0 Å². The fraction of sp³-hybridized carbons (Fsp3) is 0.692. The Bertz CT molecular complexity index is 335. The molecule has 0 saturated heterocycles. The van der Waals surface area contributed by atoms with Gasteiger partial charge in [-0.3, -0.25) is 0 Å². The van der Waals surface area contributed by atoms with Gasteiger partial charge >= 0.3 is 0 Å². The normalized spacial score (nSPS) is 25.0. The highest BCUT2D eigenvalue weighted by Crippen LogP contribution is 2.40. The first-order valence-corrected chi connectivity index (χ1v) is 6.13. The van der Waals surface area contributed by atoms with Gasteiger partial charge < -0.3 is 9.52 Å². The minimum Gasteiger partial charge on any atom is -0.469 e. The van der Waals surface area contributed by atoms with Crippen LogP contribution < -0.4 is 0 Å². The summed E-state index contributed by atoms with van der Waals surface area (Å²) in [6.45, 7) is 0. The van der Waals surface area contributed by atoms with Gasteiger partial charge in [-0.1, -0.05) is 0 Å². The van der Waals surface area contributed by atoms with Crippen LogP contribution in [0.15, 0.2) is 22.8 Å². The second kappa shape index (κ2) is 5.17. The first-order chi connectivity index (χ1) is 8.05. The molecule has 2 atom stereocenters. The fourth-order valence-electron chi connectivity index (χ4n) is 2.51. The first kappa shape index (κ1) is 12.6. The molecule has 1 heterocycles. The van der Waals surface area contributed by atoms with Gasteiger partial charge in [-0.05, 0) is 37.3 Å². The molecule has 1 aliphatic rings. The van der Waals surface area contributed by atoms with Crippen molar-refractivity contribution in [3.63, 3.8) is 0 Å². The Kier molecular flexibility index (Phi) is 3.82. The molecule has 1 aliphatic carbocycles. The Morgan fingerprint density at radius 1 is 1.53 bits per heavy atom. The van der Waals surface area contributed by atoms with Gasteiger partial charge in [-0.2, -0.15) is 0 Å². The Labute approximate surface area is 99.6 Å². The van der Waals surface area contributed by atoms with Crippen molar-refractivity contribution in [3.8, 4) is 0 Å². The summed E-state index contributed by atoms with van der Waals surface area (Å²) >= 11 is 0. The van der Waals surface area contributed by atoms with E-state index in [-0.39, 0.29) is 18.8 Å². The number of halogens is 2. The molecule has 0 bridgehead atoms. The zero-order valence-corrected chi connectivity index (χ0v) is 9.74. The Morgan fingerprint density at radius 2 is 2.35 bits per heavy atom. The lowest BCUT2D eigenvalue weighted by atomic mass is 9.97. The van der Waals surface area contributed by atoms with Crippen LogP contribution in [0.5, 0.6) is 0 Å². The highest BCUT2D eigenvalue weighted by atomic mass is 19.3. The standard InChI is InChI=1S/C13H18F2O2/c14-13(15)6-5-10(9-13)8-11(16)3-4-12-2-1-7-17-12/h1-2,7,10-11,16H,3-6,8-9H2. The molecule has 1 N–H and O–H groups in total. The van der Waals surface area contributed by atoms with Crippen LogP contribution >= 0.6 is 0 Å². The van der Waals surface area contributed by atoms with Crippen LogP contribution in [0.3, 0.4) is 0 Å². The summed E-state index contributed by atoms with van der Waals surface area (Å²) < 4.78 is 31.1. The van der Waals surface area contributed by atoms with Crippen LogP contribution in [0.25, 0.3) is 0 Å². The van der Waals surface area contributed by atoms with Crippen LogP contribution in [0.1, 0.15) is 37.9 Å². The topological polar surface area (TPSA) is 33.4 Å². The molecule has 1 fully saturated rings. The molecule has 2 unspecified atom stereocenters. The zero-order valence-electron chi connectivity index (χ0n) is 9.74. The van der Waals surface area contributed by atoms with Gasteiger partial charge in [0.2, 0.25) is 5.92 Å². The molecular formula is C13H18F2O2. The van der Waals surface area contributed by atoms with Crippen LogP contribution in [0.2, 0.25) is 0 Å². The summed E-state index contributed by atoms with van der Waals surface area (Å²) in [5, 5.41) is 9.79. The van der Waals surface area contributed by atoms with E-state index in [1.807, 2.05) is 6.07 Å². The SMILES string of the molecule is OC(CCc1ccco1)CC1CCC(F)(F)C1. The zero-order chi connectivity index (χ0) is 12.3. The smallest absolute Gasteiger partial charge is 0.248 e. The summed E-state index contributed by atoms with van der Waals surface area (Å²) in [5.74, 6) is -1.71. The molecule has 96 valence electrons. The largest absolute Gasteiger partial charge is 0.469 e. The number of alkyl halides is 2. The van der Waals surface area contributed by atoms with E-state index in [1.165, 1.54) is 0 Å². The molecule has 1 saturated carbocycles. The van der Waals surface area contributed by atoms with Gasteiger partial charge in [0.05, 0.1) is 12.4 Å². The first-order valence-electron chi connectivity index (χ1n) is 6.13. The number of aryl methyl sites for hydroxylation is 1. The molecule has 17 heavy (non-hydrogen) atoms. The maximum absolute atomic E-state index is 13.0. The molecule has 0 spiro atoms. The number of aliphatic hydroxyl groups excluding tert-OH is 1. The summed E-state index contributed by atoms with van der Waals surface area (Å²) in [4.78, 5) is 0. The summed E-state index contributed by atoms with van der Waals surface area (Å²) in [6.07, 6.45) is 3.26. The quantitative estimate of drug-likeness (QED) is 0.861. The van der Waals surface area contributed by atoms with Gasteiger partial charge in [0.15, 0.2) is 0 Å². The van der Waals surface area contributed by atoms with Crippen molar-refractivity contribution < 1.29 is 18.3 Å². The minimum absolute atomic E-state index is 0.0252. The molecular weight excluding hydrogens is 226 g/mol. The lowest BCUT2D eigenvalue weighted by Crippen LogP contribution is -2.15. The second-order valence-electron chi connectivity index (χ2n) is 4.97. The summed E-state index contributed by atoms with van der Waals surface area (Å²) in [5.41, 5.74) is 0. The molecule has 0 aromatic carbocycles. The number of hydrogen-bond donors (Lipinski definition) is 1. The molecule has 0 amide bonds. The third-order valence-electron chi connectivity index (χ3n) is 3.42. The van der Waals surface area contributed by atoms with Crippen LogP contribution in [-0.4, -0.2) is 17.1 Å². The van der Waals surface area contributed by atoms with Crippen molar-refractivity contribution in [2.45, 2.75) is 50.6 Å². The third-order valence-corrected chi connectivity index (χ3v) is 3.42. The monoisotopic (exact) mass is 244 g/mol. The highest BCUT2D eigenvalue weighted by molar-refractivity contribution is 4.98. The van der Waals surface area contributed by atoms with Gasteiger partial charge in [0.1, 0.15) is 5.76 Å². The molecule has 2 nitrogen and oxygen atoms in total. The van der Waals surface area contributed by atoms with Gasteiger partial charge in [-0.15, -0.1) is 0 Å². The third kappa shape index (κ3) is 3.80. The Hall–Kier alpha value is -0.900. The van der Waals surface area contributed by atoms with Crippen molar-refractivity contribution in [2.24, 2.45) is 5.92 Å². The second-order valence-corrected chi connectivity index (χ2v) is 4.97. The van der Waals surface area contributed by atoms with Crippen molar-refractivity contribution >= 4 is 0 Å². The molecule has 2 rings (SSSR count). The number of aliphatic hydroxyl groups is 1. The predicted molar refractivity (Wildman–Crippen MR) is 59.9 cm³/mol. The predicted octanol–water partition coefficient (Wildman–Crippen LogP) is 3.40. The van der Waals surface area contributed by atoms with Gasteiger partial charge in [0, 0.05) is 19.3 Å². The van der Waals surface area contributed by atoms with Crippen LogP contribution in [-0.2, 0) is 6.42 Å². The Morgan fingerprint density at radius 3 is 2.94 bits per heavy atom. The van der Waals surface area contributed by atoms with E-state index in [1.54, 1.807) is 12.3 Å². The number of rotatable bonds is 5. The molecule has 1 aromatic heterocycles. The minimum atomic E-state index is -2.51. The fourth-order valence-corrected chi connectivity index (χ4v) is 2.51. The lowest BCUT2D eigenvalue weighted by Gasteiger charge is -2.15. The molecule has 4 heteroatoms. The van der Waals surface area contributed by atoms with Gasteiger partial charge in [0.25, 0.3) is 0 Å². The average Bonchev–Trinajstić information content (AvgIpc) is 2.85. The van der Waals surface area contributed by atoms with Gasteiger partial charge in [-0.25, -0.2) is 8.78 Å². The van der Waals surface area contributed by atoms with Crippen LogP contribution in [0, 0.1) is 5.92 Å². The molecule has 1 aromatic rings. The number of furan rings is 1. The maximum Gasteiger partial charge on any atom is 0.248 e. The van der Waals surface area contributed by atoms with E-state index in [0.717, 1.165) is 5.76 Å². The summed E-state index contributed by atoms with van der Waals surface area (Å²) in [7, 11) is 0. The maximum atomic E-state index is 13.0. The lowest BCUT2D eigenvalue weighted by molar-refractivity contribution is 0.00242. The average molecular weight is 244 g/mol. The van der Waals surface area contributed by atoms with Crippen molar-refractivity contribution in [3.05, 3.63) is 24.2 Å². The summed E-state index contributed by atoms with van der Waals surface area (Å²) in [6, 6.07) is 3.66. The van der Waals surface area contributed by atoms with Crippen LogP contribution in [0.4, 0.5) is 8.78 Å². The van der Waals surface area contributed by atoms with Crippen molar-refractivity contribution in [2.75, 3.05) is 0 Å².